The van der Waals surface area contributed by atoms with Crippen LogP contribution in [0, 0.1) is 12.3 Å². The van der Waals surface area contributed by atoms with Crippen molar-refractivity contribution in [2.24, 2.45) is 0 Å². The maximum absolute atomic E-state index is 5.42. The minimum Gasteiger partial charge on any atom is -0.496 e. The van der Waals surface area contributed by atoms with Gasteiger partial charge in [-0.3, -0.25) is 0 Å². The van der Waals surface area contributed by atoms with Gasteiger partial charge in [-0.05, 0) is 19.1 Å². The molecule has 15 heavy (non-hydrogen) atoms. The van der Waals surface area contributed by atoms with E-state index in [1.165, 1.54) is 0 Å². The first kappa shape index (κ1) is 11.9. The third-order valence-electron chi connectivity index (χ3n) is 2.19. The molecule has 0 amide bonds. The third-order valence-corrected chi connectivity index (χ3v) is 2.65. The molecule has 0 spiro atoms. The Morgan fingerprint density at radius 1 is 1.27 bits per heavy atom. The molecule has 0 saturated heterocycles. The Labute approximate surface area is 98.7 Å². The molecule has 0 bridgehead atoms. The quantitative estimate of drug-likeness (QED) is 0.784. The van der Waals surface area contributed by atoms with Gasteiger partial charge in [0.2, 0.25) is 0 Å². The maximum Gasteiger partial charge on any atom is 0.128 e. The molecule has 1 unspecified atom stereocenters. The molecular formula is C12H13BrO2. The highest BCUT2D eigenvalue weighted by Gasteiger charge is 2.16. The van der Waals surface area contributed by atoms with Crippen LogP contribution in [0.4, 0.5) is 0 Å². The summed E-state index contributed by atoms with van der Waals surface area (Å²) in [5.41, 5.74) is 0.908. The Morgan fingerprint density at radius 2 is 1.73 bits per heavy atom. The molecule has 0 aliphatic rings. The summed E-state index contributed by atoms with van der Waals surface area (Å²) in [4.78, 5) is 0. The normalized spacial score (nSPS) is 11.7. The molecule has 2 nitrogen and oxygen atoms in total. The van der Waals surface area contributed by atoms with Crippen LogP contribution in [0.1, 0.15) is 18.4 Å². The molecule has 0 aromatic heterocycles. The van der Waals surface area contributed by atoms with Crippen LogP contribution >= 0.6 is 15.9 Å². The summed E-state index contributed by atoms with van der Waals surface area (Å²) in [5, 5.41) is 0. The van der Waals surface area contributed by atoms with Gasteiger partial charge >= 0.3 is 0 Å². The van der Waals surface area contributed by atoms with Gasteiger partial charge in [0.05, 0.1) is 19.8 Å². The highest BCUT2D eigenvalue weighted by atomic mass is 79.9. The second-order valence-corrected chi connectivity index (χ2v) is 4.03. The molecule has 0 heterocycles. The summed E-state index contributed by atoms with van der Waals surface area (Å²) in [7, 11) is 3.24. The van der Waals surface area contributed by atoms with Gasteiger partial charge in [0.1, 0.15) is 11.5 Å². The summed E-state index contributed by atoms with van der Waals surface area (Å²) < 4.78 is 11.5. The topological polar surface area (TPSA) is 18.5 Å². The molecule has 0 N–H and O–H groups in total. The van der Waals surface area contributed by atoms with Gasteiger partial charge in [-0.15, -0.1) is 6.42 Å². The lowest BCUT2D eigenvalue weighted by Gasteiger charge is -2.15. The van der Waals surface area contributed by atoms with Gasteiger partial charge in [0.15, 0.2) is 0 Å². The van der Waals surface area contributed by atoms with Crippen LogP contribution in [0.15, 0.2) is 16.6 Å². The van der Waals surface area contributed by atoms with Crippen molar-refractivity contribution in [3.8, 4) is 23.8 Å². The molecule has 0 saturated carbocycles. The molecule has 1 aromatic rings. The van der Waals surface area contributed by atoms with Gasteiger partial charge in [0, 0.05) is 10.4 Å². The second kappa shape index (κ2) is 5.09. The van der Waals surface area contributed by atoms with E-state index < -0.39 is 0 Å². The molecule has 80 valence electrons. The number of ether oxygens (including phenoxy) is 2. The number of methoxy groups -OCH3 is 2. The zero-order chi connectivity index (χ0) is 11.4. The average molecular weight is 269 g/mol. The number of rotatable bonds is 3. The fourth-order valence-electron chi connectivity index (χ4n) is 1.42. The second-order valence-electron chi connectivity index (χ2n) is 3.11. The van der Waals surface area contributed by atoms with Crippen LogP contribution in [0.3, 0.4) is 0 Å². The van der Waals surface area contributed by atoms with E-state index in [2.05, 4.69) is 21.9 Å². The van der Waals surface area contributed by atoms with E-state index >= 15 is 0 Å². The van der Waals surface area contributed by atoms with Gasteiger partial charge in [-0.25, -0.2) is 0 Å². The summed E-state index contributed by atoms with van der Waals surface area (Å²) in [6.07, 6.45) is 5.42. The number of halogens is 1. The Balaban J connectivity index is 3.38. The van der Waals surface area contributed by atoms with Crippen molar-refractivity contribution < 1.29 is 9.47 Å². The minimum absolute atomic E-state index is 0.0389. The van der Waals surface area contributed by atoms with E-state index in [4.69, 9.17) is 15.9 Å². The van der Waals surface area contributed by atoms with Gasteiger partial charge < -0.3 is 9.47 Å². The molecule has 1 rings (SSSR count). The highest BCUT2D eigenvalue weighted by molar-refractivity contribution is 9.10. The van der Waals surface area contributed by atoms with Gasteiger partial charge in [0.25, 0.3) is 0 Å². The summed E-state index contributed by atoms with van der Waals surface area (Å²) in [6.45, 7) is 1.94. The number of hydrogen-bond acceptors (Lipinski definition) is 2. The molecule has 0 radical (unpaired) electrons. The molecule has 1 aromatic carbocycles. The third kappa shape index (κ3) is 2.45. The SMILES string of the molecule is C#CC(C)c1c(OC)cc(Br)cc1OC. The lowest BCUT2D eigenvalue weighted by atomic mass is 10.00. The van der Waals surface area contributed by atoms with Crippen LogP contribution < -0.4 is 9.47 Å². The van der Waals surface area contributed by atoms with Crippen molar-refractivity contribution in [2.75, 3.05) is 14.2 Å². The van der Waals surface area contributed by atoms with E-state index in [1.807, 2.05) is 19.1 Å². The monoisotopic (exact) mass is 268 g/mol. The predicted molar refractivity (Wildman–Crippen MR) is 64.5 cm³/mol. The summed E-state index contributed by atoms with van der Waals surface area (Å²) in [6, 6.07) is 3.76. The Kier molecular flexibility index (Phi) is 4.05. The fraction of sp³-hybridized carbons (Fsp3) is 0.333. The van der Waals surface area contributed by atoms with Gasteiger partial charge in [-0.1, -0.05) is 21.9 Å². The first-order valence-electron chi connectivity index (χ1n) is 4.51. The highest BCUT2D eigenvalue weighted by Crippen LogP contribution is 2.37. The first-order chi connectivity index (χ1) is 7.13. The lowest BCUT2D eigenvalue weighted by Crippen LogP contribution is -1.99. The molecule has 0 fully saturated rings. The lowest BCUT2D eigenvalue weighted by molar-refractivity contribution is 0.384. The van der Waals surface area contributed by atoms with E-state index in [9.17, 15) is 0 Å². The molecular weight excluding hydrogens is 256 g/mol. The maximum atomic E-state index is 5.42. The predicted octanol–water partition coefficient (Wildman–Crippen LogP) is 3.20. The smallest absolute Gasteiger partial charge is 0.128 e. The standard InChI is InChI=1S/C12H13BrO2/c1-5-8(2)12-10(14-3)6-9(13)7-11(12)15-4/h1,6-8H,2-4H3. The minimum atomic E-state index is -0.0389. The van der Waals surface area contributed by atoms with Crippen LogP contribution in [-0.2, 0) is 0 Å². The van der Waals surface area contributed by atoms with Crippen LogP contribution in [-0.4, -0.2) is 14.2 Å². The molecule has 1 atom stereocenters. The van der Waals surface area contributed by atoms with E-state index in [1.54, 1.807) is 14.2 Å². The molecule has 0 aliphatic heterocycles. The Bertz CT molecular complexity index is 368. The Morgan fingerprint density at radius 3 is 2.07 bits per heavy atom. The Hall–Kier alpha value is -1.14. The average Bonchev–Trinajstić information content (AvgIpc) is 2.26. The van der Waals surface area contributed by atoms with Gasteiger partial charge in [-0.2, -0.15) is 0 Å². The van der Waals surface area contributed by atoms with Crippen molar-refractivity contribution in [1.82, 2.24) is 0 Å². The number of terminal acetylenes is 1. The number of hydrogen-bond donors (Lipinski definition) is 0. The van der Waals surface area contributed by atoms with Crippen molar-refractivity contribution in [2.45, 2.75) is 12.8 Å². The molecule has 0 aliphatic carbocycles. The van der Waals surface area contributed by atoms with Crippen molar-refractivity contribution in [3.63, 3.8) is 0 Å². The largest absolute Gasteiger partial charge is 0.496 e. The zero-order valence-electron chi connectivity index (χ0n) is 9.00. The fourth-order valence-corrected chi connectivity index (χ4v) is 1.83. The van der Waals surface area contributed by atoms with E-state index in [0.29, 0.717) is 0 Å². The van der Waals surface area contributed by atoms with Crippen molar-refractivity contribution in [1.29, 1.82) is 0 Å². The summed E-state index contributed by atoms with van der Waals surface area (Å²) >= 11 is 3.39. The van der Waals surface area contributed by atoms with Crippen LogP contribution in [0.2, 0.25) is 0 Å². The van der Waals surface area contributed by atoms with Crippen molar-refractivity contribution >= 4 is 15.9 Å². The zero-order valence-corrected chi connectivity index (χ0v) is 10.6. The summed E-state index contributed by atoms with van der Waals surface area (Å²) in [5.74, 6) is 4.12. The van der Waals surface area contributed by atoms with E-state index in [0.717, 1.165) is 21.5 Å². The van der Waals surface area contributed by atoms with Crippen LogP contribution in [0.25, 0.3) is 0 Å². The first-order valence-corrected chi connectivity index (χ1v) is 5.30. The van der Waals surface area contributed by atoms with E-state index in [-0.39, 0.29) is 5.92 Å². The van der Waals surface area contributed by atoms with Crippen molar-refractivity contribution in [3.05, 3.63) is 22.2 Å². The number of benzene rings is 1. The van der Waals surface area contributed by atoms with Crippen LogP contribution in [0.5, 0.6) is 11.5 Å². The molecule has 3 heteroatoms.